The van der Waals surface area contributed by atoms with Crippen LogP contribution in [-0.2, 0) is 4.79 Å². The highest BCUT2D eigenvalue weighted by Gasteiger charge is 2.21. The van der Waals surface area contributed by atoms with Crippen LogP contribution in [-0.4, -0.2) is 37.8 Å². The van der Waals surface area contributed by atoms with E-state index in [0.29, 0.717) is 5.16 Å². The number of amides is 3. The van der Waals surface area contributed by atoms with Gasteiger partial charge in [0.1, 0.15) is 0 Å². The highest BCUT2D eigenvalue weighted by molar-refractivity contribution is 8.00. The Morgan fingerprint density at radius 3 is 2.83 bits per heavy atom. The summed E-state index contributed by atoms with van der Waals surface area (Å²) in [7, 11) is 0. The number of fused-ring (bicyclic) bond motifs is 1. The van der Waals surface area contributed by atoms with Gasteiger partial charge in [0.15, 0.2) is 10.8 Å². The van der Waals surface area contributed by atoms with Gasteiger partial charge in [0.25, 0.3) is 0 Å². The summed E-state index contributed by atoms with van der Waals surface area (Å²) in [6.45, 7) is 1.75. The minimum atomic E-state index is -0.449. The van der Waals surface area contributed by atoms with Crippen molar-refractivity contribution >= 4 is 29.3 Å². The summed E-state index contributed by atoms with van der Waals surface area (Å²) < 4.78 is 1.82. The third kappa shape index (κ3) is 4.05. The number of rotatable bonds is 4. The van der Waals surface area contributed by atoms with Crippen molar-refractivity contribution in [3.05, 3.63) is 24.4 Å². The molecule has 0 aromatic carbocycles. The zero-order chi connectivity index (χ0) is 16.9. The van der Waals surface area contributed by atoms with Gasteiger partial charge in [-0.15, -0.1) is 10.2 Å². The van der Waals surface area contributed by atoms with Crippen LogP contribution in [0.5, 0.6) is 0 Å². The van der Waals surface area contributed by atoms with Crippen molar-refractivity contribution in [3.63, 3.8) is 0 Å². The molecule has 1 atom stereocenters. The molecule has 0 unspecified atom stereocenters. The first-order chi connectivity index (χ1) is 11.6. The summed E-state index contributed by atoms with van der Waals surface area (Å²) in [5, 5.41) is 13.6. The van der Waals surface area contributed by atoms with Gasteiger partial charge in [0, 0.05) is 12.2 Å². The van der Waals surface area contributed by atoms with Gasteiger partial charge in [-0.05, 0) is 31.9 Å². The van der Waals surface area contributed by atoms with Gasteiger partial charge in [-0.1, -0.05) is 37.1 Å². The van der Waals surface area contributed by atoms with Crippen LogP contribution < -0.4 is 10.6 Å². The van der Waals surface area contributed by atoms with Crippen LogP contribution in [0.3, 0.4) is 0 Å². The fourth-order valence-corrected chi connectivity index (χ4v) is 3.63. The number of carbonyl (C=O) groups is 2. The van der Waals surface area contributed by atoms with Crippen molar-refractivity contribution in [3.8, 4) is 0 Å². The van der Waals surface area contributed by atoms with Crippen molar-refractivity contribution < 1.29 is 9.59 Å². The van der Waals surface area contributed by atoms with Crippen molar-refractivity contribution in [1.29, 1.82) is 0 Å². The Balaban J connectivity index is 1.53. The molecule has 8 heteroatoms. The van der Waals surface area contributed by atoms with E-state index in [1.54, 1.807) is 6.92 Å². The molecule has 3 amide bonds. The SMILES string of the molecule is C[C@@H](Sc1nnc2ccccn12)C(=O)NC(=O)NC1CCCCC1. The van der Waals surface area contributed by atoms with Crippen LogP contribution in [0.25, 0.3) is 5.65 Å². The van der Waals surface area contributed by atoms with Crippen LogP contribution in [0.4, 0.5) is 4.79 Å². The van der Waals surface area contributed by atoms with E-state index in [0.717, 1.165) is 31.3 Å². The molecule has 2 aromatic rings. The van der Waals surface area contributed by atoms with Gasteiger partial charge < -0.3 is 5.32 Å². The van der Waals surface area contributed by atoms with E-state index in [1.807, 2.05) is 28.8 Å². The van der Waals surface area contributed by atoms with Gasteiger partial charge >= 0.3 is 6.03 Å². The molecule has 1 aliphatic carbocycles. The molecule has 1 aliphatic rings. The van der Waals surface area contributed by atoms with Crippen molar-refractivity contribution in [2.24, 2.45) is 0 Å². The van der Waals surface area contributed by atoms with Crippen molar-refractivity contribution in [2.75, 3.05) is 0 Å². The maximum absolute atomic E-state index is 12.2. The predicted octanol–water partition coefficient (Wildman–Crippen LogP) is 2.37. The van der Waals surface area contributed by atoms with Gasteiger partial charge in [0.05, 0.1) is 5.25 Å². The van der Waals surface area contributed by atoms with E-state index in [4.69, 9.17) is 0 Å². The number of nitrogens with one attached hydrogen (secondary N) is 2. The number of imide groups is 1. The second-order valence-corrected chi connectivity index (χ2v) is 7.28. The fraction of sp³-hybridized carbons (Fsp3) is 0.500. The molecule has 0 aliphatic heterocycles. The number of aromatic nitrogens is 3. The first-order valence-corrected chi connectivity index (χ1v) is 9.09. The molecule has 0 spiro atoms. The van der Waals surface area contributed by atoms with Crippen LogP contribution in [0, 0.1) is 0 Å². The molecule has 24 heavy (non-hydrogen) atoms. The largest absolute Gasteiger partial charge is 0.335 e. The Labute approximate surface area is 144 Å². The third-order valence-corrected chi connectivity index (χ3v) is 5.17. The maximum Gasteiger partial charge on any atom is 0.321 e. The quantitative estimate of drug-likeness (QED) is 0.829. The first-order valence-electron chi connectivity index (χ1n) is 8.21. The number of nitrogens with zero attached hydrogens (tertiary/aromatic N) is 3. The van der Waals surface area contributed by atoms with Gasteiger partial charge in [-0.3, -0.25) is 14.5 Å². The minimum absolute atomic E-state index is 0.176. The number of carbonyl (C=O) groups excluding carboxylic acids is 2. The van der Waals surface area contributed by atoms with Crippen LogP contribution >= 0.6 is 11.8 Å². The Hall–Kier alpha value is -2.09. The lowest BCUT2D eigenvalue weighted by atomic mass is 9.96. The van der Waals surface area contributed by atoms with E-state index in [9.17, 15) is 9.59 Å². The molecule has 0 radical (unpaired) electrons. The second kappa shape index (κ2) is 7.65. The van der Waals surface area contributed by atoms with Crippen LogP contribution in [0.2, 0.25) is 0 Å². The molecule has 0 bridgehead atoms. The topological polar surface area (TPSA) is 88.4 Å². The standard InChI is InChI=1S/C16H21N5O2S/c1-11(24-16-20-19-13-9-5-6-10-21(13)16)14(22)18-15(23)17-12-7-3-2-4-8-12/h5-6,9-12H,2-4,7-8H2,1H3,(H2,17,18,22,23)/t11-/m1/s1. The molecule has 1 saturated carbocycles. The Kier molecular flexibility index (Phi) is 5.34. The third-order valence-electron chi connectivity index (χ3n) is 4.11. The molecule has 0 saturated heterocycles. The molecular formula is C16H21N5O2S. The molecule has 1 fully saturated rings. The lowest BCUT2D eigenvalue weighted by Crippen LogP contribution is -2.47. The van der Waals surface area contributed by atoms with E-state index in [-0.39, 0.29) is 11.9 Å². The lowest BCUT2D eigenvalue weighted by molar-refractivity contribution is -0.119. The summed E-state index contributed by atoms with van der Waals surface area (Å²) in [5.74, 6) is -0.332. The summed E-state index contributed by atoms with van der Waals surface area (Å²) in [6, 6.07) is 5.37. The number of hydrogen-bond acceptors (Lipinski definition) is 5. The Morgan fingerprint density at radius 1 is 1.25 bits per heavy atom. The number of pyridine rings is 1. The molecule has 3 rings (SSSR count). The minimum Gasteiger partial charge on any atom is -0.335 e. The van der Waals surface area contributed by atoms with Crippen LogP contribution in [0.15, 0.2) is 29.6 Å². The molecule has 2 aromatic heterocycles. The first kappa shape index (κ1) is 16.8. The normalized spacial score (nSPS) is 16.7. The van der Waals surface area contributed by atoms with E-state index in [1.165, 1.54) is 18.2 Å². The maximum atomic E-state index is 12.2. The zero-order valence-electron chi connectivity index (χ0n) is 13.6. The smallest absolute Gasteiger partial charge is 0.321 e. The van der Waals surface area contributed by atoms with Gasteiger partial charge in [0.2, 0.25) is 5.91 Å². The Bertz CT molecular complexity index is 726. The van der Waals surface area contributed by atoms with Gasteiger partial charge in [-0.2, -0.15) is 0 Å². The highest BCUT2D eigenvalue weighted by Crippen LogP contribution is 2.22. The molecule has 128 valence electrons. The number of urea groups is 1. The average Bonchev–Trinajstić information content (AvgIpc) is 2.99. The molecular weight excluding hydrogens is 326 g/mol. The highest BCUT2D eigenvalue weighted by atomic mass is 32.2. The monoisotopic (exact) mass is 347 g/mol. The van der Waals surface area contributed by atoms with Gasteiger partial charge in [-0.25, -0.2) is 4.79 Å². The Morgan fingerprint density at radius 2 is 2.04 bits per heavy atom. The lowest BCUT2D eigenvalue weighted by Gasteiger charge is -2.22. The number of thioether (sulfide) groups is 1. The average molecular weight is 347 g/mol. The van der Waals surface area contributed by atoms with E-state index >= 15 is 0 Å². The molecule has 2 N–H and O–H groups in total. The summed E-state index contributed by atoms with van der Waals surface area (Å²) in [6.07, 6.45) is 7.29. The zero-order valence-corrected chi connectivity index (χ0v) is 14.4. The summed E-state index contributed by atoms with van der Waals surface area (Å²) in [4.78, 5) is 24.2. The number of hydrogen-bond donors (Lipinski definition) is 2. The van der Waals surface area contributed by atoms with Crippen molar-refractivity contribution in [1.82, 2.24) is 25.2 Å². The molecule has 7 nitrogen and oxygen atoms in total. The van der Waals surface area contributed by atoms with E-state index in [2.05, 4.69) is 20.8 Å². The van der Waals surface area contributed by atoms with Crippen molar-refractivity contribution in [2.45, 2.75) is 55.5 Å². The van der Waals surface area contributed by atoms with E-state index < -0.39 is 11.3 Å². The van der Waals surface area contributed by atoms with Crippen LogP contribution in [0.1, 0.15) is 39.0 Å². The summed E-state index contributed by atoms with van der Waals surface area (Å²) in [5.41, 5.74) is 0.725. The fourth-order valence-electron chi connectivity index (χ4n) is 2.79. The predicted molar refractivity (Wildman–Crippen MR) is 91.9 cm³/mol. The second-order valence-electron chi connectivity index (χ2n) is 5.97. The summed E-state index contributed by atoms with van der Waals surface area (Å²) >= 11 is 1.27. The molecule has 2 heterocycles.